The largest absolute Gasteiger partial charge is 0.476 e. The van der Waals surface area contributed by atoms with Crippen LogP contribution in [0.4, 0.5) is 0 Å². The van der Waals surface area contributed by atoms with Crippen LogP contribution in [0.2, 0.25) is 5.02 Å². The van der Waals surface area contributed by atoms with Crippen molar-refractivity contribution in [3.63, 3.8) is 0 Å². The lowest BCUT2D eigenvalue weighted by atomic mass is 9.72. The summed E-state index contributed by atoms with van der Waals surface area (Å²) in [5.74, 6) is 1.35. The average Bonchev–Trinajstić information content (AvgIpc) is 2.65. The van der Waals surface area contributed by atoms with Gasteiger partial charge in [-0.25, -0.2) is 4.98 Å². The van der Waals surface area contributed by atoms with Crippen molar-refractivity contribution in [3.05, 3.63) is 23.4 Å². The van der Waals surface area contributed by atoms with Crippen molar-refractivity contribution in [1.29, 1.82) is 0 Å². The highest BCUT2D eigenvalue weighted by Gasteiger charge is 2.31. The maximum atomic E-state index is 9.44. The summed E-state index contributed by atoms with van der Waals surface area (Å²) in [7, 11) is 0. The second kappa shape index (κ2) is 13.4. The third-order valence-electron chi connectivity index (χ3n) is 4.82. The maximum Gasteiger partial charge on any atom is 0.213 e. The Kier molecular flexibility index (Phi) is 12.0. The molecule has 0 spiro atoms. The summed E-state index contributed by atoms with van der Waals surface area (Å²) in [6.45, 7) is 4.96. The summed E-state index contributed by atoms with van der Waals surface area (Å²) in [5.41, 5.74) is 0.152. The second-order valence-electron chi connectivity index (χ2n) is 6.82. The van der Waals surface area contributed by atoms with Gasteiger partial charge in [-0.2, -0.15) is 0 Å². The fourth-order valence-electron chi connectivity index (χ4n) is 3.39. The molecule has 1 aromatic heterocycles. The third-order valence-corrected chi connectivity index (χ3v) is 5.04. The number of aliphatic hydroxyl groups is 1. The van der Waals surface area contributed by atoms with E-state index in [1.165, 1.54) is 19.3 Å². The molecule has 6 nitrogen and oxygen atoms in total. The van der Waals surface area contributed by atoms with Crippen molar-refractivity contribution >= 4 is 41.5 Å². The Morgan fingerprint density at radius 1 is 1.30 bits per heavy atom. The number of ether oxygens (including phenoxy) is 1. The molecule has 1 aromatic rings. The molecular weight excluding hydrogens is 479 g/mol. The van der Waals surface area contributed by atoms with Crippen LogP contribution >= 0.6 is 35.6 Å². The Bertz CT molecular complexity index is 546. The van der Waals surface area contributed by atoms with Crippen molar-refractivity contribution in [3.8, 4) is 5.88 Å². The van der Waals surface area contributed by atoms with Gasteiger partial charge in [0, 0.05) is 32.0 Å². The molecule has 0 radical (unpaired) electrons. The molecule has 2 rings (SSSR count). The number of pyridine rings is 1. The number of hydrogen-bond acceptors (Lipinski definition) is 4. The van der Waals surface area contributed by atoms with E-state index >= 15 is 0 Å². The molecule has 1 saturated carbocycles. The molecule has 0 amide bonds. The van der Waals surface area contributed by atoms with Crippen LogP contribution in [0.1, 0.15) is 45.4 Å². The van der Waals surface area contributed by atoms with E-state index in [0.29, 0.717) is 24.1 Å². The SMILES string of the molecule is CCNC(=NCC1(CCO)CCCCC1)NCCOc1ccc(Cl)cn1.I. The Morgan fingerprint density at radius 2 is 2.07 bits per heavy atom. The predicted octanol–water partition coefficient (Wildman–Crippen LogP) is 3.62. The van der Waals surface area contributed by atoms with Crippen LogP contribution in [0, 0.1) is 5.41 Å². The number of rotatable bonds is 9. The van der Waals surface area contributed by atoms with E-state index in [-0.39, 0.29) is 36.0 Å². The zero-order valence-corrected chi connectivity index (χ0v) is 19.1. The van der Waals surface area contributed by atoms with Gasteiger partial charge in [-0.05, 0) is 37.7 Å². The Labute approximate surface area is 184 Å². The van der Waals surface area contributed by atoms with Crippen LogP contribution < -0.4 is 15.4 Å². The summed E-state index contributed by atoms with van der Waals surface area (Å²) < 4.78 is 5.59. The number of nitrogens with one attached hydrogen (secondary N) is 2. The van der Waals surface area contributed by atoms with Gasteiger partial charge in [0.2, 0.25) is 5.88 Å². The fraction of sp³-hybridized carbons (Fsp3) is 0.684. The van der Waals surface area contributed by atoms with Gasteiger partial charge in [0.25, 0.3) is 0 Å². The number of aliphatic imine (C=N–C) groups is 1. The first-order valence-corrected chi connectivity index (χ1v) is 9.93. The van der Waals surface area contributed by atoms with Gasteiger partial charge in [0.05, 0.1) is 11.6 Å². The number of nitrogens with zero attached hydrogens (tertiary/aromatic N) is 2. The first kappa shape index (κ1) is 24.2. The number of halogens is 2. The number of hydrogen-bond donors (Lipinski definition) is 3. The van der Waals surface area contributed by atoms with Crippen LogP contribution in [0.25, 0.3) is 0 Å². The van der Waals surface area contributed by atoms with E-state index in [4.69, 9.17) is 21.3 Å². The van der Waals surface area contributed by atoms with Crippen LogP contribution in [-0.4, -0.2) is 48.9 Å². The third kappa shape index (κ3) is 8.83. The number of aromatic nitrogens is 1. The van der Waals surface area contributed by atoms with Crippen LogP contribution in [0.15, 0.2) is 23.3 Å². The molecule has 1 fully saturated rings. The Morgan fingerprint density at radius 3 is 2.70 bits per heavy atom. The molecule has 1 heterocycles. The van der Waals surface area contributed by atoms with E-state index in [9.17, 15) is 5.11 Å². The summed E-state index contributed by atoms with van der Waals surface area (Å²) in [4.78, 5) is 8.89. The van der Waals surface area contributed by atoms with Gasteiger partial charge >= 0.3 is 0 Å². The quantitative estimate of drug-likeness (QED) is 0.205. The van der Waals surface area contributed by atoms with E-state index in [1.807, 2.05) is 0 Å². The molecule has 1 aliphatic carbocycles. The Balaban J connectivity index is 0.00000364. The minimum atomic E-state index is 0. The Hall–Kier alpha value is -0.800. The van der Waals surface area contributed by atoms with Crippen LogP contribution in [-0.2, 0) is 0 Å². The molecule has 1 aliphatic rings. The molecule has 0 aliphatic heterocycles. The van der Waals surface area contributed by atoms with Gasteiger partial charge in [0.15, 0.2) is 5.96 Å². The first-order chi connectivity index (χ1) is 12.7. The molecule has 0 unspecified atom stereocenters. The summed E-state index contributed by atoms with van der Waals surface area (Å²) >= 11 is 5.81. The molecule has 0 bridgehead atoms. The van der Waals surface area contributed by atoms with Crippen molar-refractivity contribution in [2.75, 3.05) is 32.8 Å². The monoisotopic (exact) mass is 510 g/mol. The van der Waals surface area contributed by atoms with E-state index in [0.717, 1.165) is 38.3 Å². The molecule has 3 N–H and O–H groups in total. The second-order valence-corrected chi connectivity index (χ2v) is 7.26. The normalized spacial score (nSPS) is 16.3. The molecule has 154 valence electrons. The van der Waals surface area contributed by atoms with Crippen molar-refractivity contribution in [2.24, 2.45) is 10.4 Å². The summed E-state index contributed by atoms with van der Waals surface area (Å²) in [5, 5.41) is 16.6. The minimum absolute atomic E-state index is 0. The predicted molar refractivity (Wildman–Crippen MR) is 121 cm³/mol. The summed E-state index contributed by atoms with van der Waals surface area (Å²) in [6, 6.07) is 3.51. The lowest BCUT2D eigenvalue weighted by Gasteiger charge is -2.35. The number of guanidine groups is 1. The van der Waals surface area contributed by atoms with Gasteiger partial charge < -0.3 is 20.5 Å². The lowest BCUT2D eigenvalue weighted by Crippen LogP contribution is -2.40. The standard InChI is InChI=1S/C19H31ClN4O2.HI/c1-2-21-18(22-11-13-26-17-7-6-16(20)14-23-17)24-15-19(10-12-25)8-4-3-5-9-19;/h6-7,14,25H,2-5,8-13,15H2,1H3,(H2,21,22,24);1H. The summed E-state index contributed by atoms with van der Waals surface area (Å²) in [6.07, 6.45) is 8.49. The zero-order valence-electron chi connectivity index (χ0n) is 16.0. The molecule has 8 heteroatoms. The molecule has 0 atom stereocenters. The van der Waals surface area contributed by atoms with E-state index < -0.39 is 0 Å². The van der Waals surface area contributed by atoms with Gasteiger partial charge in [-0.1, -0.05) is 30.9 Å². The van der Waals surface area contributed by atoms with Gasteiger partial charge in [-0.15, -0.1) is 24.0 Å². The molecule has 27 heavy (non-hydrogen) atoms. The molecular formula is C19H32ClIN4O2. The van der Waals surface area contributed by atoms with Crippen LogP contribution in [0.3, 0.4) is 0 Å². The highest BCUT2D eigenvalue weighted by molar-refractivity contribution is 14.0. The fourth-order valence-corrected chi connectivity index (χ4v) is 3.50. The first-order valence-electron chi connectivity index (χ1n) is 9.55. The highest BCUT2D eigenvalue weighted by atomic mass is 127. The van der Waals surface area contributed by atoms with E-state index in [2.05, 4.69) is 22.5 Å². The maximum absolute atomic E-state index is 9.44. The van der Waals surface area contributed by atoms with E-state index in [1.54, 1.807) is 18.3 Å². The van der Waals surface area contributed by atoms with Gasteiger partial charge in [-0.3, -0.25) is 4.99 Å². The topological polar surface area (TPSA) is 78.8 Å². The van der Waals surface area contributed by atoms with Gasteiger partial charge in [0.1, 0.15) is 6.61 Å². The van der Waals surface area contributed by atoms with Crippen molar-refractivity contribution < 1.29 is 9.84 Å². The zero-order chi connectivity index (χ0) is 18.7. The number of aliphatic hydroxyl groups excluding tert-OH is 1. The van der Waals surface area contributed by atoms with Crippen LogP contribution in [0.5, 0.6) is 5.88 Å². The minimum Gasteiger partial charge on any atom is -0.476 e. The lowest BCUT2D eigenvalue weighted by molar-refractivity contribution is 0.137. The average molecular weight is 511 g/mol. The smallest absolute Gasteiger partial charge is 0.213 e. The molecule has 0 saturated heterocycles. The highest BCUT2D eigenvalue weighted by Crippen LogP contribution is 2.39. The van der Waals surface area contributed by atoms with Crippen molar-refractivity contribution in [1.82, 2.24) is 15.6 Å². The van der Waals surface area contributed by atoms with Crippen molar-refractivity contribution in [2.45, 2.75) is 45.4 Å². The molecule has 0 aromatic carbocycles.